The van der Waals surface area contributed by atoms with Gasteiger partial charge in [0.05, 0.1) is 6.42 Å². The molecule has 1 saturated heterocycles. The van der Waals surface area contributed by atoms with Crippen LogP contribution >= 0.6 is 0 Å². The highest BCUT2D eigenvalue weighted by atomic mass is 16.6. The number of carbonyl (C=O) groups excluding carboxylic acids is 5. The van der Waals surface area contributed by atoms with Gasteiger partial charge in [0.25, 0.3) is 5.91 Å². The van der Waals surface area contributed by atoms with E-state index >= 15 is 0 Å². The molecule has 1 rings (SSSR count). The summed E-state index contributed by atoms with van der Waals surface area (Å²) in [5.74, 6) is -3.04. The topological polar surface area (TPSA) is 110 Å². The van der Waals surface area contributed by atoms with Crippen LogP contribution in [0.3, 0.4) is 0 Å². The van der Waals surface area contributed by atoms with E-state index in [1.54, 1.807) is 0 Å². The molecule has 1 aliphatic rings. The summed E-state index contributed by atoms with van der Waals surface area (Å²) in [5, 5.41) is 1.64. The Kier molecular flexibility index (Phi) is 5.61. The Balaban J connectivity index is 3.07. The van der Waals surface area contributed by atoms with Gasteiger partial charge >= 0.3 is 11.9 Å². The number of nitrogens with zero attached hydrogens (tertiary/aromatic N) is 2. The molecule has 22 heavy (non-hydrogen) atoms. The fourth-order valence-corrected chi connectivity index (χ4v) is 2.25. The van der Waals surface area contributed by atoms with E-state index in [1.807, 2.05) is 0 Å². The number of imide groups is 1. The van der Waals surface area contributed by atoms with Crippen molar-refractivity contribution >= 4 is 29.7 Å². The molecule has 0 aliphatic carbocycles. The average Bonchev–Trinajstić information content (AvgIpc) is 2.71. The maximum Gasteiger partial charge on any atom is 0.303 e. The first-order valence-electron chi connectivity index (χ1n) is 6.59. The highest BCUT2D eigenvalue weighted by molar-refractivity contribution is 5.98. The quantitative estimate of drug-likeness (QED) is 0.637. The summed E-state index contributed by atoms with van der Waals surface area (Å²) in [7, 11) is 0. The van der Waals surface area contributed by atoms with Crippen LogP contribution in [0.1, 0.15) is 34.1 Å². The minimum Gasteiger partial charge on any atom is -0.462 e. The molecule has 0 aromatic rings. The van der Waals surface area contributed by atoms with Crippen molar-refractivity contribution in [2.75, 3.05) is 6.61 Å². The fourth-order valence-electron chi connectivity index (χ4n) is 2.25. The maximum absolute atomic E-state index is 11.9. The van der Waals surface area contributed by atoms with Gasteiger partial charge < -0.3 is 9.47 Å². The van der Waals surface area contributed by atoms with E-state index in [0.717, 1.165) is 18.9 Å². The van der Waals surface area contributed by atoms with E-state index in [1.165, 1.54) is 13.8 Å². The van der Waals surface area contributed by atoms with Gasteiger partial charge in [-0.2, -0.15) is 5.01 Å². The minimum absolute atomic E-state index is 0.210. The highest BCUT2D eigenvalue weighted by Crippen LogP contribution is 2.25. The standard InChI is InChI=1S/C13H18N2O7/c1-7(16)14-11(5-13(20)15(14)8(2)17)12(22-10(4)19)6-21-9(3)18/h11-12H,5-6H2,1-4H3/t11-,12+/m0/s1. The van der Waals surface area contributed by atoms with E-state index in [-0.39, 0.29) is 13.0 Å². The zero-order valence-electron chi connectivity index (χ0n) is 12.8. The summed E-state index contributed by atoms with van der Waals surface area (Å²) < 4.78 is 9.85. The molecule has 1 aliphatic heterocycles. The maximum atomic E-state index is 11.9. The van der Waals surface area contributed by atoms with Crippen LogP contribution in [0.5, 0.6) is 0 Å². The average molecular weight is 314 g/mol. The van der Waals surface area contributed by atoms with E-state index < -0.39 is 41.8 Å². The molecule has 1 fully saturated rings. The normalized spacial score (nSPS) is 18.9. The van der Waals surface area contributed by atoms with Gasteiger partial charge in [-0.25, -0.2) is 5.01 Å². The van der Waals surface area contributed by atoms with Crippen LogP contribution in [-0.2, 0) is 33.4 Å². The lowest BCUT2D eigenvalue weighted by Crippen LogP contribution is -2.52. The number of hydrogen-bond donors (Lipinski definition) is 0. The number of hydrazine groups is 1. The lowest BCUT2D eigenvalue weighted by atomic mass is 10.1. The third-order valence-electron chi connectivity index (χ3n) is 2.97. The monoisotopic (exact) mass is 314 g/mol. The molecule has 1 heterocycles. The molecule has 0 saturated carbocycles. The number of rotatable bonds is 4. The predicted molar refractivity (Wildman–Crippen MR) is 70.6 cm³/mol. The van der Waals surface area contributed by atoms with E-state index in [9.17, 15) is 24.0 Å². The molecule has 122 valence electrons. The van der Waals surface area contributed by atoms with Crippen molar-refractivity contribution in [3.63, 3.8) is 0 Å². The van der Waals surface area contributed by atoms with E-state index in [0.29, 0.717) is 5.01 Å². The van der Waals surface area contributed by atoms with Crippen LogP contribution in [0.15, 0.2) is 0 Å². The first-order valence-corrected chi connectivity index (χ1v) is 6.59. The van der Waals surface area contributed by atoms with Gasteiger partial charge in [0.1, 0.15) is 12.6 Å². The summed E-state index contributed by atoms with van der Waals surface area (Å²) in [5.41, 5.74) is 0. The van der Waals surface area contributed by atoms with E-state index in [2.05, 4.69) is 0 Å². The van der Waals surface area contributed by atoms with Crippen molar-refractivity contribution in [2.45, 2.75) is 46.3 Å². The Morgan fingerprint density at radius 1 is 1.09 bits per heavy atom. The predicted octanol–water partition coefficient (Wildman–Crippen LogP) is -0.608. The first-order chi connectivity index (χ1) is 10.1. The van der Waals surface area contributed by atoms with Crippen LogP contribution in [0, 0.1) is 0 Å². The molecule has 0 spiro atoms. The molecule has 0 unspecified atom stereocenters. The molecule has 0 radical (unpaired) electrons. The SMILES string of the molecule is CC(=O)OC[C@@H](OC(C)=O)[C@@H]1CC(=O)N(C(C)=O)N1C(C)=O. The number of esters is 2. The zero-order valence-corrected chi connectivity index (χ0v) is 12.8. The van der Waals surface area contributed by atoms with Crippen molar-refractivity contribution in [1.82, 2.24) is 10.0 Å². The van der Waals surface area contributed by atoms with Crippen molar-refractivity contribution in [1.29, 1.82) is 0 Å². The van der Waals surface area contributed by atoms with E-state index in [4.69, 9.17) is 9.47 Å². The third kappa shape index (κ3) is 4.03. The van der Waals surface area contributed by atoms with Gasteiger partial charge in [0.15, 0.2) is 6.10 Å². The number of hydrogen-bond acceptors (Lipinski definition) is 7. The molecule has 9 nitrogen and oxygen atoms in total. The Morgan fingerprint density at radius 2 is 1.68 bits per heavy atom. The first kappa shape index (κ1) is 17.6. The number of ether oxygens (including phenoxy) is 2. The summed E-state index contributed by atoms with van der Waals surface area (Å²) in [6, 6.07) is -0.905. The van der Waals surface area contributed by atoms with Gasteiger partial charge in [-0.05, 0) is 0 Å². The fraction of sp³-hybridized carbons (Fsp3) is 0.615. The summed E-state index contributed by atoms with van der Waals surface area (Å²) in [4.78, 5) is 57.4. The molecule has 9 heteroatoms. The minimum atomic E-state index is -1.04. The summed E-state index contributed by atoms with van der Waals surface area (Å²) in [6.07, 6.45) is -1.25. The second-order valence-electron chi connectivity index (χ2n) is 4.81. The van der Waals surface area contributed by atoms with Gasteiger partial charge in [0, 0.05) is 27.7 Å². The molecule has 0 aromatic heterocycles. The second-order valence-corrected chi connectivity index (χ2v) is 4.81. The zero-order chi connectivity index (χ0) is 17.0. The Bertz CT molecular complexity index is 517. The number of carbonyl (C=O) groups is 5. The lowest BCUT2D eigenvalue weighted by Gasteiger charge is -2.32. The molecule has 3 amide bonds. The van der Waals surface area contributed by atoms with Gasteiger partial charge in [-0.1, -0.05) is 0 Å². The highest BCUT2D eigenvalue weighted by Gasteiger charge is 2.47. The molecular weight excluding hydrogens is 296 g/mol. The van der Waals surface area contributed by atoms with Crippen LogP contribution in [0.4, 0.5) is 0 Å². The van der Waals surface area contributed by atoms with Gasteiger partial charge in [-0.3, -0.25) is 24.0 Å². The summed E-state index contributed by atoms with van der Waals surface area (Å²) >= 11 is 0. The van der Waals surface area contributed by atoms with Crippen molar-refractivity contribution in [3.8, 4) is 0 Å². The Labute approximate surface area is 127 Å². The van der Waals surface area contributed by atoms with Crippen LogP contribution < -0.4 is 0 Å². The molecule has 0 aromatic carbocycles. The van der Waals surface area contributed by atoms with Crippen LogP contribution in [0.2, 0.25) is 0 Å². The van der Waals surface area contributed by atoms with Crippen LogP contribution in [-0.4, -0.2) is 58.4 Å². The lowest BCUT2D eigenvalue weighted by molar-refractivity contribution is -0.174. The smallest absolute Gasteiger partial charge is 0.303 e. The van der Waals surface area contributed by atoms with Crippen molar-refractivity contribution in [2.24, 2.45) is 0 Å². The molecule has 0 N–H and O–H groups in total. The second kappa shape index (κ2) is 7.01. The Hall–Kier alpha value is -2.45. The largest absolute Gasteiger partial charge is 0.462 e. The molecule has 2 atom stereocenters. The third-order valence-corrected chi connectivity index (χ3v) is 2.97. The summed E-state index contributed by atoms with van der Waals surface area (Å²) in [6.45, 7) is 4.33. The Morgan fingerprint density at radius 3 is 2.09 bits per heavy atom. The molecular formula is C13H18N2O7. The molecule has 0 bridgehead atoms. The van der Waals surface area contributed by atoms with Crippen LogP contribution in [0.25, 0.3) is 0 Å². The van der Waals surface area contributed by atoms with Crippen molar-refractivity contribution < 1.29 is 33.4 Å². The van der Waals surface area contributed by atoms with Gasteiger partial charge in [-0.15, -0.1) is 0 Å². The van der Waals surface area contributed by atoms with Crippen molar-refractivity contribution in [3.05, 3.63) is 0 Å². The van der Waals surface area contributed by atoms with Gasteiger partial charge in [0.2, 0.25) is 11.8 Å². The number of amides is 3.